The summed E-state index contributed by atoms with van der Waals surface area (Å²) in [6.45, 7) is 2.25. The largest absolute Gasteiger partial charge is 0.390 e. The first-order valence-corrected chi connectivity index (χ1v) is 5.74. The van der Waals surface area contributed by atoms with Gasteiger partial charge in [-0.3, -0.25) is 0 Å². The van der Waals surface area contributed by atoms with Crippen LogP contribution >= 0.6 is 0 Å². The molecule has 18 heavy (non-hydrogen) atoms. The summed E-state index contributed by atoms with van der Waals surface area (Å²) in [5, 5.41) is 0. The maximum absolute atomic E-state index is 11.2. The van der Waals surface area contributed by atoms with Crippen LogP contribution in [0.15, 0.2) is 18.2 Å². The summed E-state index contributed by atoms with van der Waals surface area (Å²) in [6, 6.07) is 5.87. The number of rotatable bonds is 2. The summed E-state index contributed by atoms with van der Waals surface area (Å²) < 4.78 is 4.51. The molecular formula is C13H16N2O3. The average Bonchev–Trinajstić information content (AvgIpc) is 2.27. The molecule has 0 radical (unpaired) electrons. The van der Waals surface area contributed by atoms with Gasteiger partial charge in [-0.1, -0.05) is 6.07 Å². The Bertz CT molecular complexity index is 481. The second kappa shape index (κ2) is 4.68. The molecule has 2 rings (SSSR count). The minimum Gasteiger partial charge on any atom is -0.390 e. The van der Waals surface area contributed by atoms with Crippen LogP contribution in [-0.4, -0.2) is 39.1 Å². The van der Waals surface area contributed by atoms with Crippen molar-refractivity contribution >= 4 is 23.3 Å². The van der Waals surface area contributed by atoms with Crippen LogP contribution in [0.25, 0.3) is 0 Å². The molecule has 5 heteroatoms. The second-order valence-electron chi connectivity index (χ2n) is 4.57. The lowest BCUT2D eigenvalue weighted by Gasteiger charge is -2.27. The molecule has 1 aromatic carbocycles. The zero-order chi connectivity index (χ0) is 13.3. The molecule has 0 N–H and O–H groups in total. The first kappa shape index (κ1) is 12.4. The molecule has 96 valence electrons. The van der Waals surface area contributed by atoms with Crippen LogP contribution in [0.3, 0.4) is 0 Å². The van der Waals surface area contributed by atoms with E-state index in [1.54, 1.807) is 4.90 Å². The summed E-state index contributed by atoms with van der Waals surface area (Å²) >= 11 is 0. The first-order chi connectivity index (χ1) is 8.47. The number of aryl methyl sites for hydroxylation is 1. The first-order valence-electron chi connectivity index (χ1n) is 5.74. The van der Waals surface area contributed by atoms with E-state index in [9.17, 15) is 9.59 Å². The number of carbonyl (C=O) groups excluding carboxylic acids is 2. The van der Waals surface area contributed by atoms with Crippen LogP contribution in [-0.2, 0) is 14.3 Å². The smallest absolute Gasteiger partial charge is 0.333 e. The number of benzene rings is 1. The Hall–Kier alpha value is -2.04. The van der Waals surface area contributed by atoms with E-state index >= 15 is 0 Å². The average molecular weight is 248 g/mol. The predicted octanol–water partition coefficient (Wildman–Crippen LogP) is 0.951. The summed E-state index contributed by atoms with van der Waals surface area (Å²) in [6.07, 6.45) is 0. The van der Waals surface area contributed by atoms with Gasteiger partial charge in [0.25, 0.3) is 0 Å². The fourth-order valence-corrected chi connectivity index (χ4v) is 2.02. The summed E-state index contributed by atoms with van der Waals surface area (Å²) in [7, 11) is 3.92. The van der Waals surface area contributed by atoms with E-state index in [2.05, 4.69) is 4.74 Å². The number of hydrogen-bond acceptors (Lipinski definition) is 5. The Balaban J connectivity index is 2.30. The van der Waals surface area contributed by atoms with Crippen molar-refractivity contribution in [2.24, 2.45) is 0 Å². The van der Waals surface area contributed by atoms with Crippen molar-refractivity contribution in [1.29, 1.82) is 0 Å². The number of morpholine rings is 1. The highest BCUT2D eigenvalue weighted by Gasteiger charge is 2.25. The van der Waals surface area contributed by atoms with Crippen molar-refractivity contribution in [3.8, 4) is 0 Å². The van der Waals surface area contributed by atoms with Gasteiger partial charge in [0.1, 0.15) is 13.1 Å². The molecule has 0 spiro atoms. The molecule has 1 saturated heterocycles. The number of carbonyl (C=O) groups is 2. The van der Waals surface area contributed by atoms with Crippen LogP contribution in [0.5, 0.6) is 0 Å². The van der Waals surface area contributed by atoms with Gasteiger partial charge in [-0.15, -0.1) is 0 Å². The number of cyclic esters (lactones) is 2. The molecule has 1 aromatic rings. The van der Waals surface area contributed by atoms with Gasteiger partial charge in [-0.05, 0) is 24.6 Å². The summed E-state index contributed by atoms with van der Waals surface area (Å²) in [4.78, 5) is 26.2. The Labute approximate surface area is 106 Å². The van der Waals surface area contributed by atoms with Crippen LogP contribution in [0, 0.1) is 6.92 Å². The molecule has 0 aliphatic carbocycles. The fraction of sp³-hybridized carbons (Fsp3) is 0.385. The maximum atomic E-state index is 11.2. The third-order valence-corrected chi connectivity index (χ3v) is 2.91. The molecule has 5 nitrogen and oxygen atoms in total. The quantitative estimate of drug-likeness (QED) is 0.576. The van der Waals surface area contributed by atoms with Crippen LogP contribution in [0.2, 0.25) is 0 Å². The molecule has 1 aliphatic heterocycles. The lowest BCUT2D eigenvalue weighted by Crippen LogP contribution is -2.43. The van der Waals surface area contributed by atoms with E-state index in [1.807, 2.05) is 44.1 Å². The van der Waals surface area contributed by atoms with Gasteiger partial charge >= 0.3 is 11.9 Å². The van der Waals surface area contributed by atoms with E-state index in [0.717, 1.165) is 16.9 Å². The number of nitrogens with zero attached hydrogens (tertiary/aromatic N) is 2. The minimum absolute atomic E-state index is 0.113. The Kier molecular flexibility index (Phi) is 3.23. The zero-order valence-electron chi connectivity index (χ0n) is 10.8. The highest BCUT2D eigenvalue weighted by Crippen LogP contribution is 2.25. The van der Waals surface area contributed by atoms with Gasteiger partial charge in [-0.25, -0.2) is 9.59 Å². The molecule has 1 fully saturated rings. The van der Waals surface area contributed by atoms with Crippen molar-refractivity contribution in [3.63, 3.8) is 0 Å². The predicted molar refractivity (Wildman–Crippen MR) is 68.8 cm³/mol. The second-order valence-corrected chi connectivity index (χ2v) is 4.57. The third kappa shape index (κ3) is 2.45. The number of anilines is 2. The third-order valence-electron chi connectivity index (χ3n) is 2.91. The number of ether oxygens (including phenoxy) is 1. The molecular weight excluding hydrogens is 232 g/mol. The lowest BCUT2D eigenvalue weighted by atomic mass is 10.1. The zero-order valence-corrected chi connectivity index (χ0v) is 10.8. The molecule has 0 unspecified atom stereocenters. The van der Waals surface area contributed by atoms with Gasteiger partial charge in [0.15, 0.2) is 0 Å². The summed E-state index contributed by atoms with van der Waals surface area (Å²) in [5.74, 6) is -1.00. The number of esters is 2. The molecule has 0 aromatic heterocycles. The molecule has 0 bridgehead atoms. The van der Waals surface area contributed by atoms with Gasteiger partial charge in [0.05, 0.1) is 0 Å². The van der Waals surface area contributed by atoms with Gasteiger partial charge < -0.3 is 14.5 Å². The minimum atomic E-state index is -0.502. The fourth-order valence-electron chi connectivity index (χ4n) is 2.02. The van der Waals surface area contributed by atoms with E-state index < -0.39 is 11.9 Å². The standard InChI is InChI=1S/C13H16N2O3/c1-9-4-5-10(6-11(9)14(2)3)15-7-12(16)18-13(17)8-15/h4-6H,7-8H2,1-3H3. The summed E-state index contributed by atoms with van der Waals surface area (Å²) in [5.41, 5.74) is 3.07. The van der Waals surface area contributed by atoms with Crippen LogP contribution in [0.1, 0.15) is 5.56 Å². The molecule has 0 amide bonds. The van der Waals surface area contributed by atoms with E-state index in [0.29, 0.717) is 0 Å². The molecule has 1 heterocycles. The van der Waals surface area contributed by atoms with Crippen molar-refractivity contribution in [2.45, 2.75) is 6.92 Å². The van der Waals surface area contributed by atoms with Crippen LogP contribution in [0.4, 0.5) is 11.4 Å². The molecule has 0 saturated carbocycles. The van der Waals surface area contributed by atoms with Crippen molar-refractivity contribution in [3.05, 3.63) is 23.8 Å². The van der Waals surface area contributed by atoms with Gasteiger partial charge in [0, 0.05) is 25.5 Å². The molecule has 1 aliphatic rings. The highest BCUT2D eigenvalue weighted by molar-refractivity contribution is 5.94. The van der Waals surface area contributed by atoms with Gasteiger partial charge in [-0.2, -0.15) is 0 Å². The van der Waals surface area contributed by atoms with E-state index in [4.69, 9.17) is 0 Å². The Morgan fingerprint density at radius 1 is 1.17 bits per heavy atom. The SMILES string of the molecule is Cc1ccc(N2CC(=O)OC(=O)C2)cc1N(C)C. The Morgan fingerprint density at radius 2 is 1.78 bits per heavy atom. The van der Waals surface area contributed by atoms with Gasteiger partial charge in [0.2, 0.25) is 0 Å². The van der Waals surface area contributed by atoms with Crippen LogP contribution < -0.4 is 9.80 Å². The highest BCUT2D eigenvalue weighted by atomic mass is 16.6. The number of hydrogen-bond donors (Lipinski definition) is 0. The van der Waals surface area contributed by atoms with Crippen molar-refractivity contribution < 1.29 is 14.3 Å². The normalized spacial score (nSPS) is 15.6. The van der Waals surface area contributed by atoms with E-state index in [-0.39, 0.29) is 13.1 Å². The topological polar surface area (TPSA) is 49.9 Å². The monoisotopic (exact) mass is 248 g/mol. The van der Waals surface area contributed by atoms with Crippen molar-refractivity contribution in [1.82, 2.24) is 0 Å². The lowest BCUT2D eigenvalue weighted by molar-refractivity contribution is -0.160. The Morgan fingerprint density at radius 3 is 2.33 bits per heavy atom. The maximum Gasteiger partial charge on any atom is 0.333 e. The van der Waals surface area contributed by atoms with Crippen molar-refractivity contribution in [2.75, 3.05) is 37.0 Å². The molecule has 0 atom stereocenters. The van der Waals surface area contributed by atoms with E-state index in [1.165, 1.54) is 0 Å².